The van der Waals surface area contributed by atoms with Gasteiger partial charge in [0.2, 0.25) is 10.0 Å². The molecule has 2 aromatic rings. The van der Waals surface area contributed by atoms with Crippen LogP contribution in [0.5, 0.6) is 0 Å². The van der Waals surface area contributed by atoms with E-state index in [4.69, 9.17) is 0 Å². The molecular weight excluding hydrogens is 328 g/mol. The van der Waals surface area contributed by atoms with Gasteiger partial charge >= 0.3 is 0 Å². The van der Waals surface area contributed by atoms with E-state index in [-0.39, 0.29) is 16.7 Å². The molecule has 0 bridgehead atoms. The molecule has 0 atom stereocenters. The van der Waals surface area contributed by atoms with E-state index in [1.165, 1.54) is 18.2 Å². The van der Waals surface area contributed by atoms with Crippen molar-refractivity contribution >= 4 is 21.4 Å². The predicted molar refractivity (Wildman–Crippen MR) is 94.5 cm³/mol. The van der Waals surface area contributed by atoms with Crippen molar-refractivity contribution in [2.75, 3.05) is 4.72 Å². The average molecular weight is 348 g/mol. The molecule has 0 saturated carbocycles. The van der Waals surface area contributed by atoms with E-state index in [1.807, 2.05) is 32.9 Å². The van der Waals surface area contributed by atoms with Gasteiger partial charge < -0.3 is 0 Å². The Morgan fingerprint density at radius 3 is 2.25 bits per heavy atom. The molecule has 24 heavy (non-hydrogen) atoms. The molecule has 0 aliphatic rings. The maximum Gasteiger partial charge on any atom is 0.273 e. The van der Waals surface area contributed by atoms with Crippen LogP contribution in [0.3, 0.4) is 0 Å². The number of rotatable bonds is 5. The first-order valence-corrected chi connectivity index (χ1v) is 9.08. The second-order valence-corrected chi connectivity index (χ2v) is 8.26. The Morgan fingerprint density at radius 1 is 1.04 bits per heavy atom. The number of para-hydroxylation sites is 2. The second kappa shape index (κ2) is 6.60. The zero-order valence-electron chi connectivity index (χ0n) is 13.8. The molecule has 0 spiro atoms. The van der Waals surface area contributed by atoms with Gasteiger partial charge in [0.1, 0.15) is 5.75 Å². The summed E-state index contributed by atoms with van der Waals surface area (Å²) in [7, 11) is -3.78. The van der Waals surface area contributed by atoms with Crippen LogP contribution in [-0.4, -0.2) is 13.3 Å². The molecule has 0 aliphatic heterocycles. The van der Waals surface area contributed by atoms with Gasteiger partial charge in [0.25, 0.3) is 5.69 Å². The van der Waals surface area contributed by atoms with Crippen molar-refractivity contribution < 1.29 is 13.3 Å². The number of sulfonamides is 1. The van der Waals surface area contributed by atoms with Gasteiger partial charge in [-0.2, -0.15) is 0 Å². The van der Waals surface area contributed by atoms with E-state index in [0.29, 0.717) is 5.69 Å². The minimum atomic E-state index is -3.78. The molecule has 128 valence electrons. The molecule has 0 aromatic heterocycles. The zero-order chi connectivity index (χ0) is 18.0. The molecule has 0 radical (unpaired) electrons. The van der Waals surface area contributed by atoms with Gasteiger partial charge in [-0.25, -0.2) is 8.42 Å². The van der Waals surface area contributed by atoms with Crippen molar-refractivity contribution in [1.29, 1.82) is 0 Å². The van der Waals surface area contributed by atoms with Gasteiger partial charge in [0.15, 0.2) is 0 Å². The number of nitrogens with one attached hydrogen (secondary N) is 1. The van der Waals surface area contributed by atoms with Crippen LogP contribution >= 0.6 is 0 Å². The van der Waals surface area contributed by atoms with Crippen molar-refractivity contribution in [3.05, 3.63) is 69.8 Å². The van der Waals surface area contributed by atoms with Gasteiger partial charge in [0, 0.05) is 11.6 Å². The minimum absolute atomic E-state index is 0.156. The van der Waals surface area contributed by atoms with Crippen LogP contribution < -0.4 is 4.72 Å². The summed E-state index contributed by atoms with van der Waals surface area (Å²) in [5.74, 6) is -0.456. The van der Waals surface area contributed by atoms with Gasteiger partial charge in [-0.1, -0.05) is 57.2 Å². The lowest BCUT2D eigenvalue weighted by atomic mass is 9.86. The molecule has 6 nitrogen and oxygen atoms in total. The summed E-state index contributed by atoms with van der Waals surface area (Å²) < 4.78 is 27.5. The fraction of sp³-hybridized carbons (Fsp3) is 0.294. The number of benzene rings is 2. The van der Waals surface area contributed by atoms with Crippen LogP contribution in [0.25, 0.3) is 0 Å². The summed E-state index contributed by atoms with van der Waals surface area (Å²) in [5, 5.41) is 11.0. The molecule has 2 rings (SSSR count). The Kier molecular flexibility index (Phi) is 4.94. The van der Waals surface area contributed by atoms with Gasteiger partial charge in [0.05, 0.1) is 10.6 Å². The van der Waals surface area contributed by atoms with E-state index in [9.17, 15) is 18.5 Å². The SMILES string of the molecule is CC(C)(C)c1ccccc1NS(=O)(=O)Cc1ccccc1[N+](=O)[O-]. The lowest BCUT2D eigenvalue weighted by molar-refractivity contribution is -0.385. The van der Waals surface area contributed by atoms with E-state index in [0.717, 1.165) is 5.56 Å². The number of hydrogen-bond acceptors (Lipinski definition) is 4. The lowest BCUT2D eigenvalue weighted by Gasteiger charge is -2.23. The maximum absolute atomic E-state index is 12.5. The number of anilines is 1. The molecule has 1 N–H and O–H groups in total. The van der Waals surface area contributed by atoms with Crippen molar-refractivity contribution in [3.63, 3.8) is 0 Å². The molecule has 7 heteroatoms. The molecule has 0 amide bonds. The van der Waals surface area contributed by atoms with Gasteiger partial charge in [-0.15, -0.1) is 0 Å². The number of nitrogens with zero attached hydrogens (tertiary/aromatic N) is 1. The summed E-state index contributed by atoms with van der Waals surface area (Å²) in [4.78, 5) is 10.5. The van der Waals surface area contributed by atoms with Crippen LogP contribution in [0.1, 0.15) is 31.9 Å². The standard InChI is InChI=1S/C17H20N2O4S/c1-17(2,3)14-9-5-6-10-15(14)18-24(22,23)12-13-8-4-7-11-16(13)19(20)21/h4-11,18H,12H2,1-3H3. The van der Waals surface area contributed by atoms with Gasteiger partial charge in [-0.05, 0) is 17.0 Å². The highest BCUT2D eigenvalue weighted by Gasteiger charge is 2.23. The number of hydrogen-bond donors (Lipinski definition) is 1. The largest absolute Gasteiger partial charge is 0.283 e. The molecule has 0 aliphatic carbocycles. The highest BCUT2D eigenvalue weighted by Crippen LogP contribution is 2.30. The molecule has 2 aromatic carbocycles. The summed E-state index contributed by atoms with van der Waals surface area (Å²) in [5.41, 5.74) is 1.06. The number of nitro benzene ring substituents is 1. The Morgan fingerprint density at radius 2 is 1.62 bits per heavy atom. The average Bonchev–Trinajstić information content (AvgIpc) is 2.46. The molecule has 0 heterocycles. The summed E-state index contributed by atoms with van der Waals surface area (Å²) in [6, 6.07) is 13.0. The maximum atomic E-state index is 12.5. The Hall–Kier alpha value is -2.41. The first kappa shape index (κ1) is 17.9. The van der Waals surface area contributed by atoms with E-state index in [1.54, 1.807) is 18.2 Å². The van der Waals surface area contributed by atoms with Crippen molar-refractivity contribution in [3.8, 4) is 0 Å². The second-order valence-electron chi connectivity index (χ2n) is 6.54. The third kappa shape index (κ3) is 4.32. The summed E-state index contributed by atoms with van der Waals surface area (Å²) >= 11 is 0. The summed E-state index contributed by atoms with van der Waals surface area (Å²) in [6.45, 7) is 5.96. The molecule has 0 saturated heterocycles. The Labute approximate surface area is 141 Å². The number of nitro groups is 1. The van der Waals surface area contributed by atoms with Crippen LogP contribution in [-0.2, 0) is 21.2 Å². The van der Waals surface area contributed by atoms with E-state index >= 15 is 0 Å². The highest BCUT2D eigenvalue weighted by molar-refractivity contribution is 7.91. The van der Waals surface area contributed by atoms with Crippen LogP contribution in [0.4, 0.5) is 11.4 Å². The predicted octanol–water partition coefficient (Wildman–Crippen LogP) is 3.83. The monoisotopic (exact) mass is 348 g/mol. The molecule has 0 unspecified atom stereocenters. The molecule has 0 fully saturated rings. The normalized spacial score (nSPS) is 12.0. The fourth-order valence-electron chi connectivity index (χ4n) is 2.45. The van der Waals surface area contributed by atoms with Crippen molar-refractivity contribution in [1.82, 2.24) is 0 Å². The highest BCUT2D eigenvalue weighted by atomic mass is 32.2. The third-order valence-electron chi connectivity index (χ3n) is 3.53. The van der Waals surface area contributed by atoms with Crippen molar-refractivity contribution in [2.24, 2.45) is 0 Å². The zero-order valence-corrected chi connectivity index (χ0v) is 14.6. The van der Waals surface area contributed by atoms with Crippen LogP contribution in [0, 0.1) is 10.1 Å². The van der Waals surface area contributed by atoms with Gasteiger partial charge in [-0.3, -0.25) is 14.8 Å². The van der Waals surface area contributed by atoms with E-state index in [2.05, 4.69) is 4.72 Å². The molecular formula is C17H20N2O4S. The quantitative estimate of drug-likeness (QED) is 0.657. The van der Waals surface area contributed by atoms with Crippen molar-refractivity contribution in [2.45, 2.75) is 31.9 Å². The van der Waals surface area contributed by atoms with E-state index < -0.39 is 20.7 Å². The third-order valence-corrected chi connectivity index (χ3v) is 4.76. The topological polar surface area (TPSA) is 89.3 Å². The Balaban J connectivity index is 2.33. The first-order valence-electron chi connectivity index (χ1n) is 7.42. The Bertz CT molecular complexity index is 855. The fourth-order valence-corrected chi connectivity index (χ4v) is 3.68. The minimum Gasteiger partial charge on any atom is -0.283 e. The first-order chi connectivity index (χ1) is 11.1. The van der Waals surface area contributed by atoms with Crippen LogP contribution in [0.15, 0.2) is 48.5 Å². The van der Waals surface area contributed by atoms with Crippen LogP contribution in [0.2, 0.25) is 0 Å². The smallest absolute Gasteiger partial charge is 0.273 e. The summed E-state index contributed by atoms with van der Waals surface area (Å²) in [6.07, 6.45) is 0. The lowest BCUT2D eigenvalue weighted by Crippen LogP contribution is -2.20.